The molecule has 0 saturated heterocycles. The fraction of sp³-hybridized carbons (Fsp3) is 0.591. The first-order chi connectivity index (χ1) is 13.0. The molecule has 0 aromatic heterocycles. The lowest BCUT2D eigenvalue weighted by Gasteiger charge is -2.37. The number of carbonyl (C=O) groups is 3. The van der Waals surface area contributed by atoms with Crippen LogP contribution in [-0.4, -0.2) is 35.2 Å². The molecule has 0 spiro atoms. The van der Waals surface area contributed by atoms with Gasteiger partial charge in [-0.3, -0.25) is 14.4 Å². The summed E-state index contributed by atoms with van der Waals surface area (Å²) < 4.78 is 5.55. The molecule has 4 atom stereocenters. The van der Waals surface area contributed by atoms with Crippen LogP contribution in [0.2, 0.25) is 0 Å². The highest BCUT2D eigenvalue weighted by Crippen LogP contribution is 2.40. The summed E-state index contributed by atoms with van der Waals surface area (Å²) in [5.74, 6) is -0.321. The minimum absolute atomic E-state index is 0.0136. The summed E-state index contributed by atoms with van der Waals surface area (Å²) in [6, 6.07) is 8.15. The monoisotopic (exact) mass is 369 g/mol. The zero-order valence-corrected chi connectivity index (χ0v) is 15.9. The number of ketones is 1. The summed E-state index contributed by atoms with van der Waals surface area (Å²) in [7, 11) is 0. The topological polar surface area (TPSA) is 63.7 Å². The van der Waals surface area contributed by atoms with Crippen molar-refractivity contribution < 1.29 is 19.1 Å². The molecule has 27 heavy (non-hydrogen) atoms. The van der Waals surface area contributed by atoms with Crippen LogP contribution >= 0.6 is 0 Å². The molecule has 1 aromatic rings. The number of fused-ring (bicyclic) bond motifs is 3. The third-order valence-corrected chi connectivity index (χ3v) is 6.46. The third kappa shape index (κ3) is 3.64. The fourth-order valence-electron chi connectivity index (χ4n) is 4.93. The van der Waals surface area contributed by atoms with Crippen LogP contribution < -0.4 is 0 Å². The summed E-state index contributed by atoms with van der Waals surface area (Å²) in [5.41, 5.74) is 2.44. The largest absolute Gasteiger partial charge is 0.452 e. The lowest BCUT2D eigenvalue weighted by atomic mass is 9.67. The maximum atomic E-state index is 12.8. The maximum Gasteiger partial charge on any atom is 0.309 e. The van der Waals surface area contributed by atoms with E-state index in [2.05, 4.69) is 6.07 Å². The van der Waals surface area contributed by atoms with Crippen molar-refractivity contribution in [1.29, 1.82) is 0 Å². The van der Waals surface area contributed by atoms with Gasteiger partial charge in [-0.05, 0) is 50.2 Å². The Hall–Kier alpha value is -2.17. The summed E-state index contributed by atoms with van der Waals surface area (Å²) in [6.45, 7) is 2.88. The quantitative estimate of drug-likeness (QED) is 0.769. The predicted molar refractivity (Wildman–Crippen MR) is 99.7 cm³/mol. The molecule has 4 rings (SSSR count). The summed E-state index contributed by atoms with van der Waals surface area (Å²) in [4.78, 5) is 39.4. The van der Waals surface area contributed by atoms with Crippen molar-refractivity contribution in [3.63, 3.8) is 0 Å². The van der Waals surface area contributed by atoms with Crippen LogP contribution in [0.15, 0.2) is 24.3 Å². The van der Waals surface area contributed by atoms with Gasteiger partial charge >= 0.3 is 5.97 Å². The van der Waals surface area contributed by atoms with Crippen molar-refractivity contribution in [2.75, 3.05) is 6.54 Å². The number of benzene rings is 1. The molecule has 1 amide bonds. The second kappa shape index (κ2) is 7.45. The van der Waals surface area contributed by atoms with Crippen LogP contribution in [0, 0.1) is 17.8 Å². The van der Waals surface area contributed by atoms with E-state index in [1.165, 1.54) is 5.56 Å². The highest BCUT2D eigenvalue weighted by molar-refractivity contribution is 5.88. The van der Waals surface area contributed by atoms with Gasteiger partial charge in [-0.25, -0.2) is 0 Å². The zero-order valence-electron chi connectivity index (χ0n) is 15.9. The van der Waals surface area contributed by atoms with E-state index in [0.717, 1.165) is 31.2 Å². The van der Waals surface area contributed by atoms with Crippen LogP contribution in [0.4, 0.5) is 0 Å². The van der Waals surface area contributed by atoms with Gasteiger partial charge in [0, 0.05) is 24.9 Å². The second-order valence-corrected chi connectivity index (χ2v) is 8.25. The number of rotatable bonds is 3. The van der Waals surface area contributed by atoms with Gasteiger partial charge in [-0.15, -0.1) is 0 Å². The number of carbonyl (C=O) groups excluding carboxylic acids is 3. The molecule has 1 heterocycles. The van der Waals surface area contributed by atoms with Crippen LogP contribution in [0.3, 0.4) is 0 Å². The fourth-order valence-corrected chi connectivity index (χ4v) is 4.93. The molecule has 5 nitrogen and oxygen atoms in total. The predicted octanol–water partition coefficient (Wildman–Crippen LogP) is 2.90. The van der Waals surface area contributed by atoms with E-state index in [1.807, 2.05) is 18.2 Å². The smallest absolute Gasteiger partial charge is 0.309 e. The van der Waals surface area contributed by atoms with Crippen molar-refractivity contribution >= 4 is 17.7 Å². The van der Waals surface area contributed by atoms with E-state index in [-0.39, 0.29) is 29.6 Å². The van der Waals surface area contributed by atoms with Gasteiger partial charge in [0.1, 0.15) is 5.78 Å². The molecule has 2 fully saturated rings. The molecule has 2 saturated carbocycles. The van der Waals surface area contributed by atoms with Crippen molar-refractivity contribution in [1.82, 2.24) is 4.90 Å². The second-order valence-electron chi connectivity index (χ2n) is 8.25. The molecule has 1 aromatic carbocycles. The minimum Gasteiger partial charge on any atom is -0.452 e. The average molecular weight is 369 g/mol. The van der Waals surface area contributed by atoms with Gasteiger partial charge in [-0.1, -0.05) is 30.7 Å². The van der Waals surface area contributed by atoms with Gasteiger partial charge in [0.25, 0.3) is 5.91 Å². The molecule has 2 aliphatic carbocycles. The standard InChI is InChI=1S/C22H27NO4/c1-14(21(25)23-10-9-15-5-2-3-6-18(15)13-23)27-22(26)19-11-16-7-4-8-17(12-19)20(16)24/h2-3,5-6,14,16-17,19H,4,7-13H2,1H3/t14-,16-,17+,19?/m0/s1. The Morgan fingerprint density at radius 3 is 2.48 bits per heavy atom. The molecular formula is C22H27NO4. The number of esters is 1. The van der Waals surface area contributed by atoms with Gasteiger partial charge in [0.2, 0.25) is 0 Å². The van der Waals surface area contributed by atoms with Crippen molar-refractivity contribution in [3.05, 3.63) is 35.4 Å². The third-order valence-electron chi connectivity index (χ3n) is 6.46. The van der Waals surface area contributed by atoms with Gasteiger partial charge in [-0.2, -0.15) is 0 Å². The molecule has 3 aliphatic rings. The van der Waals surface area contributed by atoms with Crippen LogP contribution in [0.5, 0.6) is 0 Å². The first-order valence-corrected chi connectivity index (χ1v) is 10.1. The lowest BCUT2D eigenvalue weighted by molar-refractivity contribution is -0.165. The van der Waals surface area contributed by atoms with Crippen molar-refractivity contribution in [3.8, 4) is 0 Å². The number of hydrogen-bond donors (Lipinski definition) is 0. The van der Waals surface area contributed by atoms with E-state index < -0.39 is 6.10 Å². The molecule has 0 radical (unpaired) electrons. The maximum absolute atomic E-state index is 12.8. The van der Waals surface area contributed by atoms with E-state index in [9.17, 15) is 14.4 Å². The van der Waals surface area contributed by atoms with E-state index in [4.69, 9.17) is 4.74 Å². The normalized spacial score (nSPS) is 28.3. The number of hydrogen-bond acceptors (Lipinski definition) is 4. The van der Waals surface area contributed by atoms with Gasteiger partial charge < -0.3 is 9.64 Å². The highest BCUT2D eigenvalue weighted by atomic mass is 16.5. The molecule has 144 valence electrons. The van der Waals surface area contributed by atoms with E-state index >= 15 is 0 Å². The highest BCUT2D eigenvalue weighted by Gasteiger charge is 2.42. The Balaban J connectivity index is 1.35. The Bertz CT molecular complexity index is 742. The number of ether oxygens (including phenoxy) is 1. The first kappa shape index (κ1) is 18.2. The van der Waals surface area contributed by atoms with Gasteiger partial charge in [0.15, 0.2) is 6.10 Å². The van der Waals surface area contributed by atoms with Crippen molar-refractivity contribution in [2.24, 2.45) is 17.8 Å². The van der Waals surface area contributed by atoms with E-state index in [1.54, 1.807) is 11.8 Å². The Labute approximate surface area is 160 Å². The number of amides is 1. The number of nitrogens with zero attached hydrogens (tertiary/aromatic N) is 1. The summed E-state index contributed by atoms with van der Waals surface area (Å²) in [6.07, 6.45) is 4.09. The van der Waals surface area contributed by atoms with Crippen LogP contribution in [-0.2, 0) is 32.1 Å². The molecule has 1 unspecified atom stereocenters. The molecule has 5 heteroatoms. The summed E-state index contributed by atoms with van der Waals surface area (Å²) >= 11 is 0. The van der Waals surface area contributed by atoms with Crippen LogP contribution in [0.25, 0.3) is 0 Å². The van der Waals surface area contributed by atoms with E-state index in [0.29, 0.717) is 31.7 Å². The molecular weight excluding hydrogens is 342 g/mol. The van der Waals surface area contributed by atoms with Crippen LogP contribution in [0.1, 0.15) is 50.2 Å². The number of Topliss-reactive ketones (excluding diaryl/α,β-unsaturated/α-hetero) is 1. The Morgan fingerprint density at radius 2 is 1.78 bits per heavy atom. The Kier molecular flexibility index (Phi) is 5.02. The lowest BCUT2D eigenvalue weighted by Crippen LogP contribution is -2.44. The van der Waals surface area contributed by atoms with Crippen molar-refractivity contribution in [2.45, 2.75) is 58.1 Å². The van der Waals surface area contributed by atoms with Gasteiger partial charge in [0.05, 0.1) is 5.92 Å². The molecule has 2 bridgehead atoms. The first-order valence-electron chi connectivity index (χ1n) is 10.1. The Morgan fingerprint density at radius 1 is 1.11 bits per heavy atom. The molecule has 0 N–H and O–H groups in total. The SMILES string of the molecule is C[C@H](OC(=O)C1C[C@H]2CCC[C@@H](C1)C2=O)C(=O)N1CCc2ccccc2C1. The zero-order chi connectivity index (χ0) is 19.0. The summed E-state index contributed by atoms with van der Waals surface area (Å²) in [5, 5.41) is 0. The minimum atomic E-state index is -0.778. The molecule has 1 aliphatic heterocycles. The average Bonchev–Trinajstić information content (AvgIpc) is 2.66.